The SMILES string of the molecule is CC(C)NC(=O)NC(=O)CSc1nnc(COc2ccccc2F)n1N. The van der Waals surface area contributed by atoms with Gasteiger partial charge in [-0.3, -0.25) is 10.1 Å². The summed E-state index contributed by atoms with van der Waals surface area (Å²) in [6.07, 6.45) is 0. The van der Waals surface area contributed by atoms with E-state index in [0.717, 1.165) is 16.4 Å². The van der Waals surface area contributed by atoms with Gasteiger partial charge in [-0.05, 0) is 26.0 Å². The van der Waals surface area contributed by atoms with Gasteiger partial charge in [-0.1, -0.05) is 23.9 Å². The van der Waals surface area contributed by atoms with Crippen LogP contribution in [-0.4, -0.2) is 38.6 Å². The van der Waals surface area contributed by atoms with Gasteiger partial charge in [0.05, 0.1) is 5.75 Å². The normalized spacial score (nSPS) is 10.6. The Morgan fingerprint density at radius 3 is 2.77 bits per heavy atom. The Bertz CT molecular complexity index is 782. The Labute approximate surface area is 153 Å². The van der Waals surface area contributed by atoms with E-state index in [1.807, 2.05) is 0 Å². The van der Waals surface area contributed by atoms with Crippen molar-refractivity contribution in [2.24, 2.45) is 0 Å². The second kappa shape index (κ2) is 9.04. The van der Waals surface area contributed by atoms with Gasteiger partial charge in [-0.15, -0.1) is 10.2 Å². The highest BCUT2D eigenvalue weighted by Crippen LogP contribution is 2.18. The Kier molecular flexibility index (Phi) is 6.78. The number of urea groups is 1. The number of benzene rings is 1. The van der Waals surface area contributed by atoms with Crippen molar-refractivity contribution in [2.45, 2.75) is 31.7 Å². The molecule has 0 atom stereocenters. The quantitative estimate of drug-likeness (QED) is 0.483. The van der Waals surface area contributed by atoms with Crippen LogP contribution in [0.3, 0.4) is 0 Å². The maximum Gasteiger partial charge on any atom is 0.321 e. The lowest BCUT2D eigenvalue weighted by Gasteiger charge is -2.09. The second-order valence-corrected chi connectivity index (χ2v) is 6.40. The van der Waals surface area contributed by atoms with Gasteiger partial charge in [-0.25, -0.2) is 13.9 Å². The highest BCUT2D eigenvalue weighted by atomic mass is 32.2. The number of nitrogens with one attached hydrogen (secondary N) is 2. The standard InChI is InChI=1S/C15H19FN6O3S/c1-9(2)18-14(24)19-13(23)8-26-15-21-20-12(22(15)17)7-25-11-6-4-3-5-10(11)16/h3-6,9H,7-8,17H2,1-2H3,(H2,18,19,23,24). The van der Waals surface area contributed by atoms with Crippen molar-refractivity contribution in [1.82, 2.24) is 25.5 Å². The first-order valence-electron chi connectivity index (χ1n) is 7.66. The van der Waals surface area contributed by atoms with Gasteiger partial charge in [0.25, 0.3) is 0 Å². The maximum absolute atomic E-state index is 13.5. The number of nitrogen functional groups attached to an aromatic ring is 1. The van der Waals surface area contributed by atoms with Gasteiger partial charge in [0, 0.05) is 6.04 Å². The van der Waals surface area contributed by atoms with E-state index in [-0.39, 0.29) is 35.1 Å². The molecule has 0 saturated carbocycles. The van der Waals surface area contributed by atoms with Gasteiger partial charge < -0.3 is 15.9 Å². The van der Waals surface area contributed by atoms with E-state index in [4.69, 9.17) is 10.6 Å². The molecule has 0 aliphatic heterocycles. The number of para-hydroxylation sites is 1. The summed E-state index contributed by atoms with van der Waals surface area (Å²) in [5.74, 6) is 5.10. The van der Waals surface area contributed by atoms with Crippen LogP contribution in [0.15, 0.2) is 29.4 Å². The van der Waals surface area contributed by atoms with E-state index < -0.39 is 17.8 Å². The number of ether oxygens (including phenoxy) is 1. The third kappa shape index (κ3) is 5.62. The molecule has 0 bridgehead atoms. The highest BCUT2D eigenvalue weighted by molar-refractivity contribution is 7.99. The molecule has 0 unspecified atom stereocenters. The third-order valence-electron chi connectivity index (χ3n) is 2.93. The minimum absolute atomic E-state index is 0.0697. The van der Waals surface area contributed by atoms with Crippen molar-refractivity contribution in [3.05, 3.63) is 35.9 Å². The Morgan fingerprint density at radius 2 is 2.08 bits per heavy atom. The van der Waals surface area contributed by atoms with Gasteiger partial charge in [0.15, 0.2) is 17.4 Å². The van der Waals surface area contributed by atoms with Crippen molar-refractivity contribution in [1.29, 1.82) is 0 Å². The smallest absolute Gasteiger partial charge is 0.321 e. The fraction of sp³-hybridized carbons (Fsp3) is 0.333. The van der Waals surface area contributed by atoms with Crippen LogP contribution in [0.5, 0.6) is 5.75 Å². The molecule has 4 N–H and O–H groups in total. The van der Waals surface area contributed by atoms with Crippen molar-refractivity contribution in [2.75, 3.05) is 11.6 Å². The van der Waals surface area contributed by atoms with E-state index in [0.29, 0.717) is 0 Å². The molecular formula is C15H19FN6O3S. The molecule has 0 aliphatic rings. The minimum Gasteiger partial charge on any atom is -0.482 e. The molecule has 1 aromatic heterocycles. The molecule has 2 rings (SSSR count). The number of rotatable bonds is 7. The lowest BCUT2D eigenvalue weighted by Crippen LogP contribution is -2.43. The molecule has 0 spiro atoms. The molecule has 11 heteroatoms. The maximum atomic E-state index is 13.5. The van der Waals surface area contributed by atoms with E-state index >= 15 is 0 Å². The van der Waals surface area contributed by atoms with Gasteiger partial charge >= 0.3 is 6.03 Å². The zero-order valence-electron chi connectivity index (χ0n) is 14.2. The topological polar surface area (TPSA) is 124 Å². The van der Waals surface area contributed by atoms with E-state index in [1.165, 1.54) is 12.1 Å². The lowest BCUT2D eigenvalue weighted by molar-refractivity contribution is -0.117. The highest BCUT2D eigenvalue weighted by Gasteiger charge is 2.15. The van der Waals surface area contributed by atoms with Crippen LogP contribution in [0.1, 0.15) is 19.7 Å². The first kappa shape index (κ1) is 19.5. The van der Waals surface area contributed by atoms with E-state index in [2.05, 4.69) is 20.8 Å². The monoisotopic (exact) mass is 382 g/mol. The van der Waals surface area contributed by atoms with Crippen LogP contribution < -0.4 is 21.2 Å². The fourth-order valence-electron chi connectivity index (χ4n) is 1.80. The van der Waals surface area contributed by atoms with Crippen LogP contribution in [0, 0.1) is 5.82 Å². The van der Waals surface area contributed by atoms with Gasteiger partial charge in [-0.2, -0.15) is 0 Å². The number of aromatic nitrogens is 3. The number of hydrogen-bond acceptors (Lipinski definition) is 7. The van der Waals surface area contributed by atoms with Crippen LogP contribution in [0.25, 0.3) is 0 Å². The molecule has 2 aromatic rings. The van der Waals surface area contributed by atoms with Gasteiger partial charge in [0.2, 0.25) is 11.1 Å². The first-order valence-corrected chi connectivity index (χ1v) is 8.65. The number of halogens is 1. The second-order valence-electron chi connectivity index (χ2n) is 5.45. The summed E-state index contributed by atoms with van der Waals surface area (Å²) in [5.41, 5.74) is 0. The van der Waals surface area contributed by atoms with Crippen LogP contribution >= 0.6 is 11.8 Å². The molecule has 1 heterocycles. The van der Waals surface area contributed by atoms with E-state index in [9.17, 15) is 14.0 Å². The predicted molar refractivity (Wildman–Crippen MR) is 93.4 cm³/mol. The van der Waals surface area contributed by atoms with Crippen molar-refractivity contribution in [3.63, 3.8) is 0 Å². The predicted octanol–water partition coefficient (Wildman–Crippen LogP) is 1.04. The summed E-state index contributed by atoms with van der Waals surface area (Å²) in [7, 11) is 0. The number of thioether (sulfide) groups is 1. The summed E-state index contributed by atoms with van der Waals surface area (Å²) in [4.78, 5) is 23.2. The van der Waals surface area contributed by atoms with Gasteiger partial charge in [0.1, 0.15) is 6.61 Å². The minimum atomic E-state index is -0.571. The molecule has 0 saturated heterocycles. The van der Waals surface area contributed by atoms with E-state index in [1.54, 1.807) is 26.0 Å². The number of carbonyl (C=O) groups is 2. The summed E-state index contributed by atoms with van der Waals surface area (Å²) >= 11 is 1.00. The molecule has 0 radical (unpaired) electrons. The largest absolute Gasteiger partial charge is 0.482 e. The average Bonchev–Trinajstić information content (AvgIpc) is 2.91. The van der Waals surface area contributed by atoms with Crippen molar-refractivity contribution < 1.29 is 18.7 Å². The molecule has 26 heavy (non-hydrogen) atoms. The average molecular weight is 382 g/mol. The molecule has 0 fully saturated rings. The zero-order valence-corrected chi connectivity index (χ0v) is 15.0. The Balaban J connectivity index is 1.85. The summed E-state index contributed by atoms with van der Waals surface area (Å²) in [6.45, 7) is 3.47. The van der Waals surface area contributed by atoms with Crippen molar-refractivity contribution >= 4 is 23.7 Å². The van der Waals surface area contributed by atoms with Crippen LogP contribution in [0.4, 0.5) is 9.18 Å². The number of amides is 3. The number of nitrogens with zero attached hydrogens (tertiary/aromatic N) is 3. The molecule has 1 aromatic carbocycles. The summed E-state index contributed by atoms with van der Waals surface area (Å²) < 4.78 is 20.0. The van der Waals surface area contributed by atoms with Crippen LogP contribution in [0.2, 0.25) is 0 Å². The Morgan fingerprint density at radius 1 is 1.35 bits per heavy atom. The number of nitrogens with two attached hydrogens (primary N) is 1. The zero-order chi connectivity index (χ0) is 19.1. The van der Waals surface area contributed by atoms with Crippen LogP contribution in [-0.2, 0) is 11.4 Å². The molecule has 9 nitrogen and oxygen atoms in total. The molecule has 0 aliphatic carbocycles. The lowest BCUT2D eigenvalue weighted by atomic mass is 10.3. The third-order valence-corrected chi connectivity index (χ3v) is 3.88. The summed E-state index contributed by atoms with van der Waals surface area (Å²) in [6, 6.07) is 5.29. The number of hydrogen-bond donors (Lipinski definition) is 3. The number of imide groups is 1. The molecule has 140 valence electrons. The molecule has 3 amide bonds. The Hall–Kier alpha value is -2.82. The summed E-state index contributed by atoms with van der Waals surface area (Å²) in [5, 5.41) is 12.7. The van der Waals surface area contributed by atoms with Crippen molar-refractivity contribution in [3.8, 4) is 5.75 Å². The molecular weight excluding hydrogens is 363 g/mol. The number of carbonyl (C=O) groups excluding carboxylic acids is 2. The first-order chi connectivity index (χ1) is 12.4. The fourth-order valence-corrected chi connectivity index (χ4v) is 2.47.